The molecular weight excluding hydrogens is 302 g/mol. The van der Waals surface area contributed by atoms with Gasteiger partial charge in [-0.05, 0) is 34.1 Å². The van der Waals surface area contributed by atoms with E-state index < -0.39 is 0 Å². The smallest absolute Gasteiger partial charge is 0.251 e. The second-order valence-electron chi connectivity index (χ2n) is 3.51. The second kappa shape index (κ2) is 5.63. The number of halogens is 1. The van der Waals surface area contributed by atoms with Crippen molar-refractivity contribution in [1.29, 1.82) is 0 Å². The van der Waals surface area contributed by atoms with E-state index in [1.807, 2.05) is 0 Å². The molecule has 0 aliphatic carbocycles. The summed E-state index contributed by atoms with van der Waals surface area (Å²) >= 11 is 3.15. The molecule has 0 unspecified atom stereocenters. The van der Waals surface area contributed by atoms with Crippen molar-refractivity contribution in [3.8, 4) is 5.75 Å². The summed E-state index contributed by atoms with van der Waals surface area (Å²) in [6, 6.07) is 4.63. The predicted molar refractivity (Wildman–Crippen MR) is 66.1 cm³/mol. The number of nitrogens with zero attached hydrogens (tertiary/aromatic N) is 2. The van der Waals surface area contributed by atoms with E-state index in [9.17, 15) is 9.90 Å². The quantitative estimate of drug-likeness (QED) is 0.893. The Morgan fingerprint density at radius 2 is 2.33 bits per heavy atom. The Balaban J connectivity index is 1.89. The molecule has 0 saturated carbocycles. The van der Waals surface area contributed by atoms with Gasteiger partial charge in [0.05, 0.1) is 4.47 Å². The molecule has 1 amide bonds. The molecule has 1 heterocycles. The summed E-state index contributed by atoms with van der Waals surface area (Å²) in [5, 5.41) is 15.6. The zero-order chi connectivity index (χ0) is 13.0. The maximum Gasteiger partial charge on any atom is 0.251 e. The van der Waals surface area contributed by atoms with E-state index in [-0.39, 0.29) is 11.7 Å². The standard InChI is InChI=1S/C11H10BrN3O3/c12-8-2-1-7(5-9(8)16)11(17)13-4-3-10-14-6-15-18-10/h1-2,5-6,16H,3-4H2,(H,13,17). The van der Waals surface area contributed by atoms with Gasteiger partial charge in [0.2, 0.25) is 5.89 Å². The number of phenolic OH excluding ortho intramolecular Hbond substituents is 1. The van der Waals surface area contributed by atoms with Crippen molar-refractivity contribution in [2.45, 2.75) is 6.42 Å². The number of benzene rings is 1. The Hall–Kier alpha value is -1.89. The van der Waals surface area contributed by atoms with Crippen LogP contribution < -0.4 is 5.32 Å². The highest BCUT2D eigenvalue weighted by atomic mass is 79.9. The lowest BCUT2D eigenvalue weighted by atomic mass is 10.2. The Bertz CT molecular complexity index is 542. The van der Waals surface area contributed by atoms with Gasteiger partial charge in [-0.25, -0.2) is 0 Å². The van der Waals surface area contributed by atoms with Gasteiger partial charge in [0.15, 0.2) is 6.33 Å². The summed E-state index contributed by atoms with van der Waals surface area (Å²) in [7, 11) is 0. The van der Waals surface area contributed by atoms with E-state index in [2.05, 4.69) is 31.4 Å². The molecule has 0 radical (unpaired) electrons. The summed E-state index contributed by atoms with van der Waals surface area (Å²) in [6.45, 7) is 0.387. The number of hydrogen-bond donors (Lipinski definition) is 2. The lowest BCUT2D eigenvalue weighted by Gasteiger charge is -2.04. The molecule has 0 aliphatic heterocycles. The van der Waals surface area contributed by atoms with Crippen molar-refractivity contribution in [3.63, 3.8) is 0 Å². The summed E-state index contributed by atoms with van der Waals surface area (Å²) in [5.41, 5.74) is 0.390. The number of aromatic hydroxyl groups is 1. The summed E-state index contributed by atoms with van der Waals surface area (Å²) in [5.74, 6) is 0.228. The second-order valence-corrected chi connectivity index (χ2v) is 4.36. The molecule has 1 aromatic carbocycles. The van der Waals surface area contributed by atoms with Gasteiger partial charge in [0, 0.05) is 18.5 Å². The summed E-state index contributed by atoms with van der Waals surface area (Å²) in [6.07, 6.45) is 1.78. The van der Waals surface area contributed by atoms with Crippen LogP contribution in [0.25, 0.3) is 0 Å². The summed E-state index contributed by atoms with van der Waals surface area (Å²) < 4.78 is 5.34. The molecule has 6 nitrogen and oxygen atoms in total. The number of carbonyl (C=O) groups is 1. The van der Waals surface area contributed by atoms with Crippen LogP contribution in [0.2, 0.25) is 0 Å². The number of rotatable bonds is 4. The molecule has 2 rings (SSSR count). The first-order chi connectivity index (χ1) is 8.66. The largest absolute Gasteiger partial charge is 0.507 e. The normalized spacial score (nSPS) is 10.3. The number of aromatic nitrogens is 2. The zero-order valence-electron chi connectivity index (χ0n) is 9.26. The highest BCUT2D eigenvalue weighted by Crippen LogP contribution is 2.24. The van der Waals surface area contributed by atoms with Crippen LogP contribution in [0.5, 0.6) is 5.75 Å². The van der Waals surface area contributed by atoms with Gasteiger partial charge in [0.25, 0.3) is 5.91 Å². The molecule has 0 bridgehead atoms. The minimum Gasteiger partial charge on any atom is -0.507 e. The third-order valence-corrected chi connectivity index (χ3v) is 2.91. The molecule has 2 N–H and O–H groups in total. The lowest BCUT2D eigenvalue weighted by Crippen LogP contribution is -2.25. The highest BCUT2D eigenvalue weighted by Gasteiger charge is 2.08. The Morgan fingerprint density at radius 1 is 1.50 bits per heavy atom. The number of amides is 1. The average molecular weight is 312 g/mol. The van der Waals surface area contributed by atoms with Crippen LogP contribution >= 0.6 is 15.9 Å². The number of carbonyl (C=O) groups excluding carboxylic acids is 1. The van der Waals surface area contributed by atoms with Crippen LogP contribution in [-0.4, -0.2) is 27.7 Å². The van der Waals surface area contributed by atoms with Crippen molar-refractivity contribution in [2.24, 2.45) is 0 Å². The molecule has 0 aliphatic rings. The van der Waals surface area contributed by atoms with Gasteiger partial charge in [-0.1, -0.05) is 5.16 Å². The molecule has 0 atom stereocenters. The van der Waals surface area contributed by atoms with Crippen LogP contribution in [0.15, 0.2) is 33.5 Å². The van der Waals surface area contributed by atoms with E-state index in [1.165, 1.54) is 12.4 Å². The van der Waals surface area contributed by atoms with Crippen LogP contribution in [0.3, 0.4) is 0 Å². The van der Waals surface area contributed by atoms with Crippen molar-refractivity contribution in [2.75, 3.05) is 6.54 Å². The van der Waals surface area contributed by atoms with Crippen molar-refractivity contribution in [3.05, 3.63) is 40.5 Å². The molecule has 94 valence electrons. The highest BCUT2D eigenvalue weighted by molar-refractivity contribution is 9.10. The molecule has 0 fully saturated rings. The molecule has 2 aromatic rings. The van der Waals surface area contributed by atoms with Gasteiger partial charge in [-0.3, -0.25) is 4.79 Å². The molecular formula is C11H10BrN3O3. The number of nitrogens with one attached hydrogen (secondary N) is 1. The Kier molecular flexibility index (Phi) is 3.93. The SMILES string of the molecule is O=C(NCCc1ncno1)c1ccc(Br)c(O)c1. The molecule has 18 heavy (non-hydrogen) atoms. The van der Waals surface area contributed by atoms with Gasteiger partial charge < -0.3 is 14.9 Å². The van der Waals surface area contributed by atoms with Crippen LogP contribution in [0.4, 0.5) is 0 Å². The van der Waals surface area contributed by atoms with Crippen molar-refractivity contribution >= 4 is 21.8 Å². The maximum absolute atomic E-state index is 11.7. The average Bonchev–Trinajstić information content (AvgIpc) is 2.85. The van der Waals surface area contributed by atoms with Gasteiger partial charge in [-0.15, -0.1) is 0 Å². The van der Waals surface area contributed by atoms with Crippen molar-refractivity contribution < 1.29 is 14.4 Å². The minimum absolute atomic E-state index is 0.0274. The monoisotopic (exact) mass is 311 g/mol. The zero-order valence-corrected chi connectivity index (χ0v) is 10.8. The lowest BCUT2D eigenvalue weighted by molar-refractivity contribution is 0.0953. The van der Waals surface area contributed by atoms with Gasteiger partial charge in [0.1, 0.15) is 5.75 Å². The molecule has 7 heteroatoms. The van der Waals surface area contributed by atoms with Crippen LogP contribution in [-0.2, 0) is 6.42 Å². The molecule has 0 spiro atoms. The minimum atomic E-state index is -0.266. The number of phenols is 1. The predicted octanol–water partition coefficient (Wildman–Crippen LogP) is 1.51. The van der Waals surface area contributed by atoms with Crippen LogP contribution in [0.1, 0.15) is 16.2 Å². The topological polar surface area (TPSA) is 88.3 Å². The van der Waals surface area contributed by atoms with E-state index in [0.717, 1.165) is 0 Å². The maximum atomic E-state index is 11.7. The third-order valence-electron chi connectivity index (χ3n) is 2.24. The first-order valence-corrected chi connectivity index (χ1v) is 5.98. The van der Waals surface area contributed by atoms with Crippen molar-refractivity contribution in [1.82, 2.24) is 15.5 Å². The third kappa shape index (κ3) is 3.07. The van der Waals surface area contributed by atoms with Gasteiger partial charge in [-0.2, -0.15) is 4.98 Å². The Labute approximate surface area is 111 Å². The summed E-state index contributed by atoms with van der Waals surface area (Å²) in [4.78, 5) is 15.6. The first-order valence-electron chi connectivity index (χ1n) is 5.19. The van der Waals surface area contributed by atoms with E-state index in [1.54, 1.807) is 12.1 Å². The fourth-order valence-electron chi connectivity index (χ4n) is 1.35. The molecule has 0 saturated heterocycles. The Morgan fingerprint density at radius 3 is 3.00 bits per heavy atom. The van der Waals surface area contributed by atoms with E-state index in [0.29, 0.717) is 28.9 Å². The van der Waals surface area contributed by atoms with E-state index in [4.69, 9.17) is 4.52 Å². The molecule has 1 aromatic heterocycles. The van der Waals surface area contributed by atoms with Gasteiger partial charge >= 0.3 is 0 Å². The fraction of sp³-hybridized carbons (Fsp3) is 0.182. The van der Waals surface area contributed by atoms with Crippen LogP contribution in [0, 0.1) is 0 Å². The van der Waals surface area contributed by atoms with E-state index >= 15 is 0 Å². The fourth-order valence-corrected chi connectivity index (χ4v) is 1.59. The first kappa shape index (κ1) is 12.6. The number of hydrogen-bond acceptors (Lipinski definition) is 5.